The lowest BCUT2D eigenvalue weighted by atomic mass is 9.95. The Morgan fingerprint density at radius 3 is 2.60 bits per heavy atom. The van der Waals surface area contributed by atoms with Crippen molar-refractivity contribution < 1.29 is 9.00 Å². The maximum Gasteiger partial charge on any atom is 0.168 e. The Morgan fingerprint density at radius 2 is 1.93 bits per heavy atom. The third kappa shape index (κ3) is 1.46. The molecule has 80 valence electrons. The molecule has 2 rings (SSSR count). The van der Waals surface area contributed by atoms with E-state index in [4.69, 9.17) is 0 Å². The van der Waals surface area contributed by atoms with Gasteiger partial charge in [0.15, 0.2) is 5.78 Å². The molecule has 0 aromatic heterocycles. The predicted octanol–water partition coefficient (Wildman–Crippen LogP) is 2.32. The number of aryl methyl sites for hydroxylation is 1. The lowest BCUT2D eigenvalue weighted by Gasteiger charge is -2.26. The molecule has 0 saturated carbocycles. The van der Waals surface area contributed by atoms with Crippen LogP contribution in [0.25, 0.3) is 0 Å². The summed E-state index contributed by atoms with van der Waals surface area (Å²) in [6.07, 6.45) is 0. The van der Waals surface area contributed by atoms with Gasteiger partial charge in [-0.25, -0.2) is 0 Å². The summed E-state index contributed by atoms with van der Waals surface area (Å²) in [4.78, 5) is 12.7. The number of hydrogen-bond acceptors (Lipinski definition) is 2. The third-order valence-corrected chi connectivity index (χ3v) is 5.16. The maximum absolute atomic E-state index is 12.2. The molecular weight excluding hydrogens is 208 g/mol. The van der Waals surface area contributed by atoms with Crippen molar-refractivity contribution in [1.29, 1.82) is 0 Å². The summed E-state index contributed by atoms with van der Waals surface area (Å²) in [5, 5.41) is -0.0777. The fourth-order valence-corrected chi connectivity index (χ4v) is 3.58. The first-order valence-corrected chi connectivity index (χ1v) is 6.29. The van der Waals surface area contributed by atoms with Gasteiger partial charge in [0.1, 0.15) is 0 Å². The molecule has 0 radical (unpaired) electrons. The molecule has 3 heteroatoms. The van der Waals surface area contributed by atoms with Crippen LogP contribution >= 0.6 is 0 Å². The molecule has 0 aliphatic carbocycles. The Balaban J connectivity index is 2.70. The topological polar surface area (TPSA) is 34.1 Å². The minimum Gasteiger partial charge on any atom is -0.294 e. The van der Waals surface area contributed by atoms with Crippen LogP contribution in [0.5, 0.6) is 0 Å². The van der Waals surface area contributed by atoms with E-state index in [0.29, 0.717) is 5.56 Å². The van der Waals surface area contributed by atoms with Gasteiger partial charge in [-0.1, -0.05) is 25.1 Å². The molecule has 3 unspecified atom stereocenters. The summed E-state index contributed by atoms with van der Waals surface area (Å²) >= 11 is 0. The van der Waals surface area contributed by atoms with Crippen molar-refractivity contribution in [3.05, 3.63) is 29.3 Å². The molecule has 0 fully saturated rings. The third-order valence-electron chi connectivity index (χ3n) is 3.13. The molecule has 0 spiro atoms. The first-order chi connectivity index (χ1) is 7.04. The van der Waals surface area contributed by atoms with Crippen molar-refractivity contribution in [3.63, 3.8) is 0 Å². The van der Waals surface area contributed by atoms with Crippen molar-refractivity contribution >= 4 is 16.6 Å². The van der Waals surface area contributed by atoms with E-state index in [0.717, 1.165) is 10.5 Å². The van der Waals surface area contributed by atoms with Gasteiger partial charge in [-0.05, 0) is 19.4 Å². The highest BCUT2D eigenvalue weighted by atomic mass is 32.2. The molecule has 2 nitrogen and oxygen atoms in total. The highest BCUT2D eigenvalue weighted by Gasteiger charge is 2.35. The predicted molar refractivity (Wildman–Crippen MR) is 60.5 cm³/mol. The number of carbonyl (C=O) groups is 1. The van der Waals surface area contributed by atoms with E-state index < -0.39 is 10.8 Å². The zero-order valence-electron chi connectivity index (χ0n) is 9.11. The van der Waals surface area contributed by atoms with Crippen molar-refractivity contribution in [2.45, 2.75) is 30.9 Å². The van der Waals surface area contributed by atoms with Crippen LogP contribution in [0.4, 0.5) is 0 Å². The Bertz CT molecular complexity index is 451. The largest absolute Gasteiger partial charge is 0.294 e. The lowest BCUT2D eigenvalue weighted by Crippen LogP contribution is -2.33. The number of fused-ring (bicyclic) bond motifs is 1. The number of benzene rings is 1. The highest BCUT2D eigenvalue weighted by molar-refractivity contribution is 7.86. The van der Waals surface area contributed by atoms with Gasteiger partial charge in [0.05, 0.1) is 15.7 Å². The van der Waals surface area contributed by atoms with Crippen LogP contribution in [-0.4, -0.2) is 15.2 Å². The molecule has 3 atom stereocenters. The van der Waals surface area contributed by atoms with Gasteiger partial charge in [0.2, 0.25) is 0 Å². The van der Waals surface area contributed by atoms with Crippen LogP contribution in [0.2, 0.25) is 0 Å². The molecule has 0 N–H and O–H groups in total. The van der Waals surface area contributed by atoms with Crippen LogP contribution in [-0.2, 0) is 10.8 Å². The first kappa shape index (κ1) is 10.6. The van der Waals surface area contributed by atoms with Crippen molar-refractivity contribution in [1.82, 2.24) is 0 Å². The Hall–Kier alpha value is -0.960. The first-order valence-electron chi connectivity index (χ1n) is 5.08. The fourth-order valence-electron chi connectivity index (χ4n) is 1.94. The smallest absolute Gasteiger partial charge is 0.168 e. The van der Waals surface area contributed by atoms with E-state index in [1.54, 1.807) is 6.07 Å². The molecular formula is C12H14O2S. The molecule has 1 aromatic carbocycles. The quantitative estimate of drug-likeness (QED) is 0.675. The summed E-state index contributed by atoms with van der Waals surface area (Å²) in [5.74, 6) is -0.0130. The van der Waals surface area contributed by atoms with Crippen LogP contribution < -0.4 is 0 Å². The Morgan fingerprint density at radius 1 is 1.27 bits per heavy atom. The van der Waals surface area contributed by atoms with Crippen molar-refractivity contribution in [2.75, 3.05) is 0 Å². The van der Waals surface area contributed by atoms with Gasteiger partial charge in [0, 0.05) is 16.7 Å². The number of carbonyl (C=O) groups excluding carboxylic acids is 1. The zero-order chi connectivity index (χ0) is 11.2. The van der Waals surface area contributed by atoms with E-state index in [9.17, 15) is 9.00 Å². The van der Waals surface area contributed by atoms with E-state index in [-0.39, 0.29) is 17.0 Å². The van der Waals surface area contributed by atoms with E-state index in [2.05, 4.69) is 0 Å². The Labute approximate surface area is 92.2 Å². The monoisotopic (exact) mass is 222 g/mol. The molecule has 0 amide bonds. The van der Waals surface area contributed by atoms with Gasteiger partial charge >= 0.3 is 0 Å². The molecule has 1 aromatic rings. The van der Waals surface area contributed by atoms with Crippen LogP contribution in [0.15, 0.2) is 23.1 Å². The summed E-state index contributed by atoms with van der Waals surface area (Å²) < 4.78 is 12.2. The lowest BCUT2D eigenvalue weighted by molar-refractivity contribution is 0.0922. The molecule has 1 aliphatic rings. The number of ketones is 1. The van der Waals surface area contributed by atoms with Crippen LogP contribution in [0.3, 0.4) is 0 Å². The number of hydrogen-bond donors (Lipinski definition) is 0. The molecule has 1 aliphatic heterocycles. The second kappa shape index (κ2) is 3.56. The van der Waals surface area contributed by atoms with Gasteiger partial charge in [-0.2, -0.15) is 0 Å². The average molecular weight is 222 g/mol. The minimum absolute atomic E-state index is 0.0777. The van der Waals surface area contributed by atoms with Crippen molar-refractivity contribution in [3.8, 4) is 0 Å². The van der Waals surface area contributed by atoms with Crippen LogP contribution in [0, 0.1) is 12.8 Å². The summed E-state index contributed by atoms with van der Waals surface area (Å²) in [5.41, 5.74) is 1.61. The maximum atomic E-state index is 12.2. The number of Topliss-reactive ketones (excluding diaryl/α,β-unsaturated/α-hetero) is 1. The summed E-state index contributed by atoms with van der Waals surface area (Å²) in [7, 11) is -1.04. The van der Waals surface area contributed by atoms with E-state index >= 15 is 0 Å². The molecule has 1 heterocycles. The summed E-state index contributed by atoms with van der Waals surface area (Å²) in [6, 6.07) is 5.55. The Kier molecular flexibility index (Phi) is 2.51. The normalized spacial score (nSPS) is 30.1. The van der Waals surface area contributed by atoms with Crippen LogP contribution in [0.1, 0.15) is 29.8 Å². The van der Waals surface area contributed by atoms with E-state index in [1.807, 2.05) is 32.9 Å². The average Bonchev–Trinajstić information content (AvgIpc) is 2.23. The molecule has 15 heavy (non-hydrogen) atoms. The zero-order valence-corrected chi connectivity index (χ0v) is 9.93. The second-order valence-corrected chi connectivity index (χ2v) is 5.85. The van der Waals surface area contributed by atoms with Gasteiger partial charge < -0.3 is 0 Å². The van der Waals surface area contributed by atoms with Gasteiger partial charge in [-0.15, -0.1) is 0 Å². The molecule has 0 bridgehead atoms. The molecule has 0 saturated heterocycles. The van der Waals surface area contributed by atoms with Crippen molar-refractivity contribution in [2.24, 2.45) is 5.92 Å². The highest BCUT2D eigenvalue weighted by Crippen LogP contribution is 2.32. The SMILES string of the molecule is Cc1cccc2c1S(=O)C(C)C(C)C2=O. The van der Waals surface area contributed by atoms with Gasteiger partial charge in [-0.3, -0.25) is 9.00 Å². The van der Waals surface area contributed by atoms with Gasteiger partial charge in [0.25, 0.3) is 0 Å². The number of rotatable bonds is 0. The van der Waals surface area contributed by atoms with E-state index in [1.165, 1.54) is 0 Å². The standard InChI is InChI=1S/C12H14O2S/c1-7-5-4-6-10-11(13)8(2)9(3)15(14)12(7)10/h4-6,8-9H,1-3H3. The fraction of sp³-hybridized carbons (Fsp3) is 0.417. The minimum atomic E-state index is -1.04. The second-order valence-electron chi connectivity index (χ2n) is 4.11. The summed E-state index contributed by atoms with van der Waals surface area (Å²) in [6.45, 7) is 5.65.